The maximum Gasteiger partial charge on any atom is 0.234 e. The molecule has 154 valence electrons. The predicted molar refractivity (Wildman–Crippen MR) is 112 cm³/mol. The number of thioether (sulfide) groups is 1. The van der Waals surface area contributed by atoms with Gasteiger partial charge in [-0.05, 0) is 39.0 Å². The maximum atomic E-state index is 12.4. The standard InChI is InChI=1S/C20H24N4O4S/c1-5-26-16-8-7-14(11-17(16)27-6-2)21-18(25)12-29-20-23-22-19(24(20)4)15-9-10-28-13(15)3/h7-11H,5-6,12H2,1-4H3,(H,21,25). The number of aromatic nitrogens is 3. The number of amides is 1. The average Bonchev–Trinajstić information content (AvgIpc) is 3.27. The van der Waals surface area contributed by atoms with Crippen molar-refractivity contribution in [3.63, 3.8) is 0 Å². The van der Waals surface area contributed by atoms with Crippen molar-refractivity contribution in [3.8, 4) is 22.9 Å². The summed E-state index contributed by atoms with van der Waals surface area (Å²) in [6, 6.07) is 7.19. The minimum absolute atomic E-state index is 0.148. The quantitative estimate of drug-likeness (QED) is 0.529. The van der Waals surface area contributed by atoms with Crippen molar-refractivity contribution in [2.24, 2.45) is 7.05 Å². The molecule has 0 radical (unpaired) electrons. The summed E-state index contributed by atoms with van der Waals surface area (Å²) in [7, 11) is 1.86. The van der Waals surface area contributed by atoms with Gasteiger partial charge < -0.3 is 23.8 Å². The van der Waals surface area contributed by atoms with Crippen LogP contribution in [0.2, 0.25) is 0 Å². The van der Waals surface area contributed by atoms with Gasteiger partial charge in [-0.15, -0.1) is 10.2 Å². The Morgan fingerprint density at radius 1 is 1.17 bits per heavy atom. The summed E-state index contributed by atoms with van der Waals surface area (Å²) >= 11 is 1.31. The monoisotopic (exact) mass is 416 g/mol. The van der Waals surface area contributed by atoms with E-state index in [1.54, 1.807) is 24.5 Å². The number of ether oxygens (including phenoxy) is 2. The molecule has 1 aromatic carbocycles. The molecule has 0 aliphatic carbocycles. The van der Waals surface area contributed by atoms with Gasteiger partial charge in [0.05, 0.1) is 30.8 Å². The Hall–Kier alpha value is -2.94. The van der Waals surface area contributed by atoms with Crippen LogP contribution in [0, 0.1) is 6.92 Å². The first-order chi connectivity index (χ1) is 14.0. The van der Waals surface area contributed by atoms with Crippen LogP contribution in [0.3, 0.4) is 0 Å². The SMILES string of the molecule is CCOc1ccc(NC(=O)CSc2nnc(-c3ccoc3C)n2C)cc1OCC. The van der Waals surface area contributed by atoms with E-state index in [4.69, 9.17) is 13.9 Å². The number of aryl methyl sites for hydroxylation is 1. The summed E-state index contributed by atoms with van der Waals surface area (Å²) in [5.41, 5.74) is 1.53. The average molecular weight is 417 g/mol. The highest BCUT2D eigenvalue weighted by Crippen LogP contribution is 2.31. The highest BCUT2D eigenvalue weighted by Gasteiger charge is 2.16. The van der Waals surface area contributed by atoms with Crippen LogP contribution in [0.4, 0.5) is 5.69 Å². The molecule has 3 rings (SSSR count). The Kier molecular flexibility index (Phi) is 6.82. The normalized spacial score (nSPS) is 10.8. The van der Waals surface area contributed by atoms with Crippen LogP contribution in [-0.2, 0) is 11.8 Å². The molecule has 0 fully saturated rings. The molecule has 2 heterocycles. The number of nitrogens with zero attached hydrogens (tertiary/aromatic N) is 3. The van der Waals surface area contributed by atoms with Crippen LogP contribution >= 0.6 is 11.8 Å². The van der Waals surface area contributed by atoms with E-state index in [2.05, 4.69) is 15.5 Å². The lowest BCUT2D eigenvalue weighted by molar-refractivity contribution is -0.113. The van der Waals surface area contributed by atoms with Gasteiger partial charge in [0.15, 0.2) is 22.5 Å². The molecule has 8 nitrogen and oxygen atoms in total. The summed E-state index contributed by atoms with van der Waals surface area (Å²) in [5.74, 6) is 2.79. The predicted octanol–water partition coefficient (Wildman–Crippen LogP) is 3.91. The van der Waals surface area contributed by atoms with Gasteiger partial charge in [0.2, 0.25) is 5.91 Å². The molecular formula is C20H24N4O4S. The summed E-state index contributed by atoms with van der Waals surface area (Å²) in [6.45, 7) is 6.74. The molecule has 9 heteroatoms. The summed E-state index contributed by atoms with van der Waals surface area (Å²) in [4.78, 5) is 12.4. The molecule has 0 atom stereocenters. The van der Waals surface area contributed by atoms with Gasteiger partial charge in [0.1, 0.15) is 5.76 Å². The molecule has 0 saturated heterocycles. The van der Waals surface area contributed by atoms with Crippen LogP contribution in [0.15, 0.2) is 40.1 Å². The van der Waals surface area contributed by atoms with Gasteiger partial charge in [-0.25, -0.2) is 0 Å². The van der Waals surface area contributed by atoms with Gasteiger partial charge in [0.25, 0.3) is 0 Å². The molecule has 1 amide bonds. The molecular weight excluding hydrogens is 392 g/mol. The molecule has 0 aliphatic heterocycles. The lowest BCUT2D eigenvalue weighted by atomic mass is 10.2. The zero-order valence-electron chi connectivity index (χ0n) is 16.9. The minimum atomic E-state index is -0.148. The van der Waals surface area contributed by atoms with Crippen molar-refractivity contribution >= 4 is 23.4 Å². The lowest BCUT2D eigenvalue weighted by Crippen LogP contribution is -2.14. The number of benzene rings is 1. The molecule has 0 spiro atoms. The lowest BCUT2D eigenvalue weighted by Gasteiger charge is -2.13. The Morgan fingerprint density at radius 2 is 1.93 bits per heavy atom. The fourth-order valence-electron chi connectivity index (χ4n) is 2.75. The fraction of sp³-hybridized carbons (Fsp3) is 0.350. The van der Waals surface area contributed by atoms with Crippen LogP contribution in [0.25, 0.3) is 11.4 Å². The van der Waals surface area contributed by atoms with Crippen LogP contribution in [-0.4, -0.2) is 39.6 Å². The highest BCUT2D eigenvalue weighted by molar-refractivity contribution is 7.99. The van der Waals surface area contributed by atoms with Crippen LogP contribution in [0.5, 0.6) is 11.5 Å². The maximum absolute atomic E-state index is 12.4. The Balaban J connectivity index is 1.63. The van der Waals surface area contributed by atoms with Crippen LogP contribution < -0.4 is 14.8 Å². The Morgan fingerprint density at radius 3 is 2.62 bits per heavy atom. The van der Waals surface area contributed by atoms with Gasteiger partial charge in [0, 0.05) is 18.8 Å². The largest absolute Gasteiger partial charge is 0.490 e. The van der Waals surface area contributed by atoms with Gasteiger partial charge in [-0.3, -0.25) is 4.79 Å². The summed E-state index contributed by atoms with van der Waals surface area (Å²) < 4.78 is 18.3. The zero-order valence-corrected chi connectivity index (χ0v) is 17.7. The Labute approximate surface area is 173 Å². The number of carbonyl (C=O) groups excluding carboxylic acids is 1. The molecule has 0 saturated carbocycles. The Bertz CT molecular complexity index is 983. The minimum Gasteiger partial charge on any atom is -0.490 e. The second-order valence-corrected chi connectivity index (χ2v) is 7.06. The number of anilines is 1. The van der Waals surface area contributed by atoms with Crippen molar-refractivity contribution in [1.82, 2.24) is 14.8 Å². The molecule has 0 bridgehead atoms. The smallest absolute Gasteiger partial charge is 0.234 e. The van der Waals surface area contributed by atoms with E-state index in [1.165, 1.54) is 11.8 Å². The molecule has 2 aromatic heterocycles. The van der Waals surface area contributed by atoms with Gasteiger partial charge in [-0.1, -0.05) is 11.8 Å². The third kappa shape index (κ3) is 4.92. The van der Waals surface area contributed by atoms with E-state index in [-0.39, 0.29) is 11.7 Å². The molecule has 0 unspecified atom stereocenters. The first-order valence-corrected chi connectivity index (χ1v) is 10.3. The van der Waals surface area contributed by atoms with E-state index in [1.807, 2.05) is 38.5 Å². The van der Waals surface area contributed by atoms with E-state index in [9.17, 15) is 4.79 Å². The molecule has 3 aromatic rings. The van der Waals surface area contributed by atoms with Crippen molar-refractivity contribution < 1.29 is 18.7 Å². The molecule has 1 N–H and O–H groups in total. The third-order valence-electron chi connectivity index (χ3n) is 4.09. The van der Waals surface area contributed by atoms with Gasteiger partial charge in [-0.2, -0.15) is 0 Å². The first kappa shape index (κ1) is 20.8. The third-order valence-corrected chi connectivity index (χ3v) is 5.11. The zero-order chi connectivity index (χ0) is 20.8. The first-order valence-electron chi connectivity index (χ1n) is 9.29. The summed E-state index contributed by atoms with van der Waals surface area (Å²) in [5, 5.41) is 11.9. The molecule has 0 aliphatic rings. The van der Waals surface area contributed by atoms with E-state index in [0.717, 1.165) is 11.3 Å². The molecule has 29 heavy (non-hydrogen) atoms. The van der Waals surface area contributed by atoms with E-state index < -0.39 is 0 Å². The number of carbonyl (C=O) groups is 1. The number of hydrogen-bond donors (Lipinski definition) is 1. The van der Waals surface area contributed by atoms with Gasteiger partial charge >= 0.3 is 0 Å². The highest BCUT2D eigenvalue weighted by atomic mass is 32.2. The number of nitrogens with one attached hydrogen (secondary N) is 1. The van der Waals surface area contributed by atoms with Crippen molar-refractivity contribution in [1.29, 1.82) is 0 Å². The number of furan rings is 1. The number of hydrogen-bond acceptors (Lipinski definition) is 7. The van der Waals surface area contributed by atoms with Crippen molar-refractivity contribution in [3.05, 3.63) is 36.3 Å². The topological polar surface area (TPSA) is 91.4 Å². The van der Waals surface area contributed by atoms with Crippen molar-refractivity contribution in [2.45, 2.75) is 25.9 Å². The van der Waals surface area contributed by atoms with E-state index in [0.29, 0.717) is 41.4 Å². The second-order valence-electron chi connectivity index (χ2n) is 6.12. The number of rotatable bonds is 9. The fourth-order valence-corrected chi connectivity index (χ4v) is 3.46. The van der Waals surface area contributed by atoms with Crippen LogP contribution in [0.1, 0.15) is 19.6 Å². The second kappa shape index (κ2) is 9.51. The van der Waals surface area contributed by atoms with E-state index >= 15 is 0 Å². The van der Waals surface area contributed by atoms with Crippen molar-refractivity contribution in [2.75, 3.05) is 24.3 Å². The summed E-state index contributed by atoms with van der Waals surface area (Å²) in [6.07, 6.45) is 1.62.